The normalized spacial score (nSPS) is 17.8. The van der Waals surface area contributed by atoms with Gasteiger partial charge in [-0.25, -0.2) is 0 Å². The Balaban J connectivity index is 1.69. The van der Waals surface area contributed by atoms with Crippen LogP contribution in [0.25, 0.3) is 10.2 Å². The number of nitrogens with one attached hydrogen (secondary N) is 1. The van der Waals surface area contributed by atoms with E-state index in [0.717, 1.165) is 40.8 Å². The van der Waals surface area contributed by atoms with E-state index in [-0.39, 0.29) is 17.9 Å². The maximum absolute atomic E-state index is 12.9. The molecule has 6 nitrogen and oxygen atoms in total. The summed E-state index contributed by atoms with van der Waals surface area (Å²) in [5.41, 5.74) is 3.63. The van der Waals surface area contributed by atoms with Crippen LogP contribution in [0.3, 0.4) is 0 Å². The van der Waals surface area contributed by atoms with E-state index in [1.54, 1.807) is 12.1 Å². The van der Waals surface area contributed by atoms with Gasteiger partial charge in [0.25, 0.3) is 5.91 Å². The number of fused-ring (bicyclic) bond motifs is 1. The number of ether oxygens (including phenoxy) is 1. The quantitative estimate of drug-likeness (QED) is 0.658. The Labute approximate surface area is 185 Å². The van der Waals surface area contributed by atoms with Crippen LogP contribution >= 0.6 is 11.3 Å². The maximum Gasteiger partial charge on any atom is 0.279 e. The summed E-state index contributed by atoms with van der Waals surface area (Å²) in [6.45, 7) is 7.09. The van der Waals surface area contributed by atoms with Crippen molar-refractivity contribution in [3.05, 3.63) is 64.0 Å². The Hall–Kier alpha value is -2.77. The monoisotopic (exact) mass is 437 g/mol. The molecule has 1 aliphatic heterocycles. The zero-order chi connectivity index (χ0) is 22.0. The zero-order valence-corrected chi connectivity index (χ0v) is 18.9. The van der Waals surface area contributed by atoms with Crippen molar-refractivity contribution in [2.24, 2.45) is 4.99 Å². The average Bonchev–Trinajstić information content (AvgIpc) is 3.39. The second kappa shape index (κ2) is 9.16. The minimum atomic E-state index is -0.512. The molecule has 1 N–H and O–H groups in total. The van der Waals surface area contributed by atoms with Crippen molar-refractivity contribution in [3.63, 3.8) is 0 Å². The third kappa shape index (κ3) is 4.78. The Bertz CT molecular complexity index is 1170. The molecule has 1 aromatic heterocycles. The molecular formula is C24H27N3O3S. The van der Waals surface area contributed by atoms with Gasteiger partial charge in [0.2, 0.25) is 5.91 Å². The highest BCUT2D eigenvalue weighted by Crippen LogP contribution is 2.23. The SMILES string of the molecule is Cc1ccc(C(=O)N=c2sc3cc(C)ccc3n2[C@@H](C)C(=O)NC[C@@H]2CCCO2)cc1. The van der Waals surface area contributed by atoms with Crippen LogP contribution in [0, 0.1) is 13.8 Å². The van der Waals surface area contributed by atoms with Crippen LogP contribution in [-0.4, -0.2) is 35.6 Å². The molecular weight excluding hydrogens is 410 g/mol. The molecule has 162 valence electrons. The number of carbonyl (C=O) groups is 2. The van der Waals surface area contributed by atoms with Crippen LogP contribution in [-0.2, 0) is 9.53 Å². The van der Waals surface area contributed by atoms with Crippen LogP contribution in [0.2, 0.25) is 0 Å². The van der Waals surface area contributed by atoms with Gasteiger partial charge in [0.1, 0.15) is 6.04 Å². The highest BCUT2D eigenvalue weighted by molar-refractivity contribution is 7.16. The maximum atomic E-state index is 12.9. The zero-order valence-electron chi connectivity index (χ0n) is 18.1. The number of aryl methyl sites for hydroxylation is 2. The van der Waals surface area contributed by atoms with Crippen LogP contribution in [0.15, 0.2) is 47.5 Å². The Morgan fingerprint density at radius 1 is 1.19 bits per heavy atom. The smallest absolute Gasteiger partial charge is 0.279 e. The number of benzene rings is 2. The first kappa shape index (κ1) is 21.5. The van der Waals surface area contributed by atoms with Gasteiger partial charge < -0.3 is 14.6 Å². The molecule has 2 aromatic carbocycles. The summed E-state index contributed by atoms with van der Waals surface area (Å²) < 4.78 is 8.46. The molecule has 2 amide bonds. The fourth-order valence-electron chi connectivity index (χ4n) is 3.74. The van der Waals surface area contributed by atoms with E-state index < -0.39 is 6.04 Å². The van der Waals surface area contributed by atoms with E-state index in [4.69, 9.17) is 4.74 Å². The van der Waals surface area contributed by atoms with Gasteiger partial charge in [-0.3, -0.25) is 9.59 Å². The van der Waals surface area contributed by atoms with Crippen LogP contribution in [0.5, 0.6) is 0 Å². The second-order valence-corrected chi connectivity index (χ2v) is 9.07. The van der Waals surface area contributed by atoms with E-state index in [9.17, 15) is 9.59 Å². The van der Waals surface area contributed by atoms with Crippen molar-refractivity contribution in [1.82, 2.24) is 9.88 Å². The summed E-state index contributed by atoms with van der Waals surface area (Å²) in [7, 11) is 0. The van der Waals surface area contributed by atoms with E-state index >= 15 is 0 Å². The molecule has 7 heteroatoms. The molecule has 1 saturated heterocycles. The second-order valence-electron chi connectivity index (χ2n) is 8.06. The van der Waals surface area contributed by atoms with Gasteiger partial charge in [0.05, 0.1) is 16.3 Å². The van der Waals surface area contributed by atoms with Crippen molar-refractivity contribution in [3.8, 4) is 0 Å². The fourth-order valence-corrected chi connectivity index (χ4v) is 4.93. The number of amides is 2. The van der Waals surface area contributed by atoms with Crippen molar-refractivity contribution >= 4 is 33.4 Å². The number of aromatic nitrogens is 1. The van der Waals surface area contributed by atoms with Gasteiger partial charge in [0.15, 0.2) is 4.80 Å². The topological polar surface area (TPSA) is 72.7 Å². The molecule has 1 fully saturated rings. The summed E-state index contributed by atoms with van der Waals surface area (Å²) in [5, 5.41) is 3.00. The molecule has 4 rings (SSSR count). The average molecular weight is 438 g/mol. The van der Waals surface area contributed by atoms with E-state index in [1.807, 2.05) is 49.6 Å². The molecule has 1 aliphatic rings. The first-order chi connectivity index (χ1) is 14.9. The van der Waals surface area contributed by atoms with Gasteiger partial charge in [-0.1, -0.05) is 35.1 Å². The van der Waals surface area contributed by atoms with Crippen molar-refractivity contribution in [1.29, 1.82) is 0 Å². The number of hydrogen-bond acceptors (Lipinski definition) is 4. The molecule has 0 saturated carbocycles. The van der Waals surface area contributed by atoms with Gasteiger partial charge in [0, 0.05) is 18.7 Å². The number of hydrogen-bond donors (Lipinski definition) is 1. The lowest BCUT2D eigenvalue weighted by Crippen LogP contribution is -2.38. The third-order valence-corrected chi connectivity index (χ3v) is 6.59. The Morgan fingerprint density at radius 3 is 2.65 bits per heavy atom. The third-order valence-electron chi connectivity index (χ3n) is 5.57. The number of carbonyl (C=O) groups excluding carboxylic acids is 2. The van der Waals surface area contributed by atoms with Crippen LogP contribution in [0.4, 0.5) is 0 Å². The van der Waals surface area contributed by atoms with Crippen molar-refractivity contribution in [2.45, 2.75) is 45.8 Å². The molecule has 2 atom stereocenters. The van der Waals surface area contributed by atoms with Crippen molar-refractivity contribution in [2.75, 3.05) is 13.2 Å². The lowest BCUT2D eigenvalue weighted by Gasteiger charge is -2.17. The van der Waals surface area contributed by atoms with E-state index in [1.165, 1.54) is 11.3 Å². The van der Waals surface area contributed by atoms with Gasteiger partial charge in [-0.15, -0.1) is 0 Å². The Kier molecular flexibility index (Phi) is 6.34. The van der Waals surface area contributed by atoms with E-state index in [0.29, 0.717) is 16.9 Å². The largest absolute Gasteiger partial charge is 0.376 e. The van der Waals surface area contributed by atoms with Gasteiger partial charge >= 0.3 is 0 Å². The summed E-state index contributed by atoms with van der Waals surface area (Å²) in [6.07, 6.45) is 2.08. The summed E-state index contributed by atoms with van der Waals surface area (Å²) in [6, 6.07) is 12.9. The lowest BCUT2D eigenvalue weighted by molar-refractivity contribution is -0.124. The molecule has 0 radical (unpaired) electrons. The first-order valence-corrected chi connectivity index (χ1v) is 11.4. The standard InChI is InChI=1S/C24H27N3O3S/c1-15-6-9-18(10-7-15)23(29)26-24-27(20-11-8-16(2)13-21(20)31-24)17(3)22(28)25-14-19-5-4-12-30-19/h6-11,13,17,19H,4-5,12,14H2,1-3H3,(H,25,28)/t17-,19-/m0/s1. The predicted molar refractivity (Wildman–Crippen MR) is 122 cm³/mol. The Morgan fingerprint density at radius 2 is 1.94 bits per heavy atom. The predicted octanol–water partition coefficient (Wildman–Crippen LogP) is 3.92. The molecule has 0 bridgehead atoms. The fraction of sp³-hybridized carbons (Fsp3) is 0.375. The lowest BCUT2D eigenvalue weighted by atomic mass is 10.1. The van der Waals surface area contributed by atoms with Gasteiger partial charge in [-0.05, 0) is 63.4 Å². The van der Waals surface area contributed by atoms with Crippen LogP contribution in [0.1, 0.15) is 47.3 Å². The molecule has 0 aliphatic carbocycles. The molecule has 3 aromatic rings. The summed E-state index contributed by atoms with van der Waals surface area (Å²) in [4.78, 5) is 30.7. The minimum Gasteiger partial charge on any atom is -0.376 e. The molecule has 31 heavy (non-hydrogen) atoms. The highest BCUT2D eigenvalue weighted by Gasteiger charge is 2.22. The summed E-state index contributed by atoms with van der Waals surface area (Å²) >= 11 is 1.42. The number of rotatable bonds is 5. The van der Waals surface area contributed by atoms with Gasteiger partial charge in [-0.2, -0.15) is 4.99 Å². The number of thiazole rings is 1. The molecule has 2 heterocycles. The van der Waals surface area contributed by atoms with Crippen molar-refractivity contribution < 1.29 is 14.3 Å². The molecule has 0 spiro atoms. The number of nitrogens with zero attached hydrogens (tertiary/aromatic N) is 2. The van der Waals surface area contributed by atoms with E-state index in [2.05, 4.69) is 16.4 Å². The molecule has 0 unspecified atom stereocenters. The first-order valence-electron chi connectivity index (χ1n) is 10.6. The minimum absolute atomic E-state index is 0.0790. The van der Waals surface area contributed by atoms with Crippen LogP contribution < -0.4 is 10.1 Å². The highest BCUT2D eigenvalue weighted by atomic mass is 32.1. The summed E-state index contributed by atoms with van der Waals surface area (Å²) in [5.74, 6) is -0.427.